The number of methoxy groups -OCH3 is 1. The number of hydrogen-bond acceptors (Lipinski definition) is 4. The van der Waals surface area contributed by atoms with Crippen LogP contribution < -0.4 is 10.1 Å². The van der Waals surface area contributed by atoms with Gasteiger partial charge in [0.15, 0.2) is 0 Å². The number of hydrogen-bond donors (Lipinski definition) is 1. The van der Waals surface area contributed by atoms with E-state index in [-0.39, 0.29) is 22.6 Å². The summed E-state index contributed by atoms with van der Waals surface area (Å²) in [5.41, 5.74) is 0.364. The van der Waals surface area contributed by atoms with E-state index >= 15 is 0 Å². The Morgan fingerprint density at radius 2 is 1.77 bits per heavy atom. The van der Waals surface area contributed by atoms with E-state index in [1.807, 2.05) is 0 Å². The summed E-state index contributed by atoms with van der Waals surface area (Å²) < 4.78 is 32.5. The smallest absolute Gasteiger partial charge is 0.251 e. The Balaban J connectivity index is 1.88. The maximum atomic E-state index is 12.9. The Kier molecular flexibility index (Phi) is 5.58. The molecule has 0 aliphatic heterocycles. The van der Waals surface area contributed by atoms with Crippen molar-refractivity contribution in [2.45, 2.75) is 50.5 Å². The van der Waals surface area contributed by atoms with E-state index in [1.165, 1.54) is 43.2 Å². The van der Waals surface area contributed by atoms with Crippen molar-refractivity contribution in [1.29, 1.82) is 0 Å². The molecular formula is C19H28N2O4S. The SMILES string of the molecule is CCN(CC)S(=O)(=O)c1cc(C(=O)NC(C2CC2)C2CC2)ccc1OC. The molecule has 0 saturated heterocycles. The van der Waals surface area contributed by atoms with E-state index in [9.17, 15) is 13.2 Å². The van der Waals surface area contributed by atoms with Gasteiger partial charge in [-0.05, 0) is 55.7 Å². The fourth-order valence-electron chi connectivity index (χ4n) is 3.49. The highest BCUT2D eigenvalue weighted by molar-refractivity contribution is 7.89. The average molecular weight is 381 g/mol. The van der Waals surface area contributed by atoms with Gasteiger partial charge in [0.05, 0.1) is 7.11 Å². The summed E-state index contributed by atoms with van der Waals surface area (Å²) in [5, 5.41) is 3.14. The number of amides is 1. The quantitative estimate of drug-likeness (QED) is 0.715. The Morgan fingerprint density at radius 3 is 2.23 bits per heavy atom. The minimum Gasteiger partial charge on any atom is -0.495 e. The molecule has 0 unspecified atom stereocenters. The van der Waals surface area contributed by atoms with Crippen molar-refractivity contribution in [2.24, 2.45) is 11.8 Å². The van der Waals surface area contributed by atoms with Gasteiger partial charge < -0.3 is 10.1 Å². The molecule has 6 nitrogen and oxygen atoms in total. The molecule has 0 bridgehead atoms. The molecule has 2 aliphatic rings. The zero-order valence-electron chi connectivity index (χ0n) is 15.7. The van der Waals surface area contributed by atoms with E-state index in [1.54, 1.807) is 26.0 Å². The fourth-order valence-corrected chi connectivity index (χ4v) is 5.13. The summed E-state index contributed by atoms with van der Waals surface area (Å²) in [4.78, 5) is 12.8. The number of carbonyl (C=O) groups is 1. The van der Waals surface area contributed by atoms with Crippen molar-refractivity contribution in [1.82, 2.24) is 9.62 Å². The van der Waals surface area contributed by atoms with E-state index in [2.05, 4.69) is 5.32 Å². The summed E-state index contributed by atoms with van der Waals surface area (Å²) in [6, 6.07) is 4.87. The molecule has 1 N–H and O–H groups in total. The van der Waals surface area contributed by atoms with Gasteiger partial charge >= 0.3 is 0 Å². The molecule has 0 aromatic heterocycles. The van der Waals surface area contributed by atoms with Crippen LogP contribution in [0.3, 0.4) is 0 Å². The van der Waals surface area contributed by atoms with Crippen LogP contribution >= 0.6 is 0 Å². The van der Waals surface area contributed by atoms with Crippen LogP contribution in [0.5, 0.6) is 5.75 Å². The van der Waals surface area contributed by atoms with Crippen LogP contribution in [0.25, 0.3) is 0 Å². The lowest BCUT2D eigenvalue weighted by molar-refractivity contribution is 0.0926. The first-order chi connectivity index (χ1) is 12.4. The van der Waals surface area contributed by atoms with Gasteiger partial charge in [0.2, 0.25) is 10.0 Å². The molecule has 0 spiro atoms. The lowest BCUT2D eigenvalue weighted by atomic mass is 10.1. The van der Waals surface area contributed by atoms with Crippen LogP contribution in [0.4, 0.5) is 0 Å². The second-order valence-electron chi connectivity index (χ2n) is 7.13. The van der Waals surface area contributed by atoms with Crippen molar-refractivity contribution >= 4 is 15.9 Å². The van der Waals surface area contributed by atoms with Gasteiger partial charge in [0.25, 0.3) is 5.91 Å². The summed E-state index contributed by atoms with van der Waals surface area (Å²) in [5.74, 6) is 1.23. The van der Waals surface area contributed by atoms with Gasteiger partial charge in [-0.2, -0.15) is 4.31 Å². The zero-order valence-corrected chi connectivity index (χ0v) is 16.5. The zero-order chi connectivity index (χ0) is 18.9. The highest BCUT2D eigenvalue weighted by Gasteiger charge is 2.42. The largest absolute Gasteiger partial charge is 0.495 e. The molecule has 144 valence electrons. The highest BCUT2D eigenvalue weighted by atomic mass is 32.2. The highest BCUT2D eigenvalue weighted by Crippen LogP contribution is 2.44. The van der Waals surface area contributed by atoms with Gasteiger partial charge in [-0.1, -0.05) is 13.8 Å². The van der Waals surface area contributed by atoms with Crippen molar-refractivity contribution in [3.63, 3.8) is 0 Å². The molecule has 2 saturated carbocycles. The van der Waals surface area contributed by atoms with E-state index in [0.717, 1.165) is 0 Å². The van der Waals surface area contributed by atoms with E-state index in [4.69, 9.17) is 4.74 Å². The predicted molar refractivity (Wildman–Crippen MR) is 99.8 cm³/mol. The number of benzene rings is 1. The Bertz CT molecular complexity index is 754. The molecule has 2 fully saturated rings. The monoisotopic (exact) mass is 380 g/mol. The molecule has 26 heavy (non-hydrogen) atoms. The normalized spacial score (nSPS) is 17.6. The minimum atomic E-state index is -3.71. The second kappa shape index (κ2) is 7.56. The molecule has 3 rings (SSSR count). The molecule has 1 amide bonds. The van der Waals surface area contributed by atoms with Crippen LogP contribution in [0.2, 0.25) is 0 Å². The van der Waals surface area contributed by atoms with Gasteiger partial charge in [-0.15, -0.1) is 0 Å². The van der Waals surface area contributed by atoms with Crippen molar-refractivity contribution < 1.29 is 17.9 Å². The fraction of sp³-hybridized carbons (Fsp3) is 0.632. The summed E-state index contributed by atoms with van der Waals surface area (Å²) in [6.07, 6.45) is 4.69. The first-order valence-corrected chi connectivity index (χ1v) is 10.8. The van der Waals surface area contributed by atoms with Crippen molar-refractivity contribution in [3.8, 4) is 5.75 Å². The Hall–Kier alpha value is -1.60. The van der Waals surface area contributed by atoms with Gasteiger partial charge in [-0.3, -0.25) is 4.79 Å². The number of nitrogens with zero attached hydrogens (tertiary/aromatic N) is 1. The van der Waals surface area contributed by atoms with Crippen LogP contribution in [-0.4, -0.2) is 44.9 Å². The molecule has 1 aromatic carbocycles. The molecule has 0 atom stereocenters. The van der Waals surface area contributed by atoms with Gasteiger partial charge in [0, 0.05) is 24.7 Å². The number of ether oxygens (including phenoxy) is 1. The van der Waals surface area contributed by atoms with Gasteiger partial charge in [-0.25, -0.2) is 8.42 Å². The van der Waals surface area contributed by atoms with E-state index < -0.39 is 10.0 Å². The maximum absolute atomic E-state index is 12.9. The van der Waals surface area contributed by atoms with Crippen molar-refractivity contribution in [2.75, 3.05) is 20.2 Å². The average Bonchev–Trinajstić information content (AvgIpc) is 3.53. The molecular weight excluding hydrogens is 352 g/mol. The van der Waals surface area contributed by atoms with E-state index in [0.29, 0.717) is 30.5 Å². The maximum Gasteiger partial charge on any atom is 0.251 e. The summed E-state index contributed by atoms with van der Waals surface area (Å²) in [6.45, 7) is 4.31. The summed E-state index contributed by atoms with van der Waals surface area (Å²) >= 11 is 0. The van der Waals surface area contributed by atoms with Crippen LogP contribution in [-0.2, 0) is 10.0 Å². The van der Waals surface area contributed by atoms with Crippen LogP contribution in [0.15, 0.2) is 23.1 Å². The molecule has 1 aromatic rings. The second-order valence-corrected chi connectivity index (χ2v) is 9.04. The topological polar surface area (TPSA) is 75.7 Å². The molecule has 0 heterocycles. The standard InChI is InChI=1S/C19H28N2O4S/c1-4-21(5-2)26(23,24)17-12-15(10-11-16(17)25-3)19(22)20-18(13-6-7-13)14-8-9-14/h10-14,18H,4-9H2,1-3H3,(H,20,22). The van der Waals surface area contributed by atoms with Crippen LogP contribution in [0.1, 0.15) is 49.9 Å². The third kappa shape index (κ3) is 3.88. The lowest BCUT2D eigenvalue weighted by Gasteiger charge is -2.21. The molecule has 7 heteroatoms. The van der Waals surface area contributed by atoms with Crippen LogP contribution in [0, 0.1) is 11.8 Å². The number of nitrogens with one attached hydrogen (secondary N) is 1. The predicted octanol–water partition coefficient (Wildman–Crippen LogP) is 2.64. The van der Waals surface area contributed by atoms with Gasteiger partial charge in [0.1, 0.15) is 10.6 Å². The lowest BCUT2D eigenvalue weighted by Crippen LogP contribution is -2.38. The third-order valence-corrected chi connectivity index (χ3v) is 7.38. The number of sulfonamides is 1. The number of carbonyl (C=O) groups excluding carboxylic acids is 1. The molecule has 2 aliphatic carbocycles. The molecule has 0 radical (unpaired) electrons. The van der Waals surface area contributed by atoms with Crippen molar-refractivity contribution in [3.05, 3.63) is 23.8 Å². The minimum absolute atomic E-state index is 0.0470. The summed E-state index contributed by atoms with van der Waals surface area (Å²) in [7, 11) is -2.27. The first kappa shape index (κ1) is 19.2. The first-order valence-electron chi connectivity index (χ1n) is 9.41. The third-order valence-electron chi connectivity index (χ3n) is 5.31. The Labute approximate surface area is 156 Å². The Morgan fingerprint density at radius 1 is 1.19 bits per heavy atom. The number of rotatable bonds is 9.